The van der Waals surface area contributed by atoms with Crippen molar-refractivity contribution >= 4 is 17.7 Å². The van der Waals surface area contributed by atoms with E-state index in [4.69, 9.17) is 0 Å². The van der Waals surface area contributed by atoms with E-state index in [0.29, 0.717) is 0 Å². The third kappa shape index (κ3) is 4.91. The summed E-state index contributed by atoms with van der Waals surface area (Å²) in [6, 6.07) is 6.24. The van der Waals surface area contributed by atoms with Crippen LogP contribution in [0.2, 0.25) is 0 Å². The fourth-order valence-electron chi connectivity index (χ4n) is 1.62. The van der Waals surface area contributed by atoms with Crippen LogP contribution in [0.5, 0.6) is 0 Å². The summed E-state index contributed by atoms with van der Waals surface area (Å²) in [6.45, 7) is 4.04. The Kier molecular flexibility index (Phi) is 5.73. The van der Waals surface area contributed by atoms with E-state index in [1.165, 1.54) is 18.2 Å². The average Bonchev–Trinajstić information content (AvgIpc) is 2.43. The van der Waals surface area contributed by atoms with Crippen LogP contribution in [0, 0.1) is 10.1 Å². The number of benzene rings is 1. The molecule has 1 aromatic carbocycles. The molecule has 5 nitrogen and oxygen atoms in total. The first-order valence-electron chi connectivity index (χ1n) is 6.29. The summed E-state index contributed by atoms with van der Waals surface area (Å²) in [7, 11) is 0. The Balaban J connectivity index is 2.61. The van der Waals surface area contributed by atoms with Crippen LogP contribution in [0.4, 0.5) is 5.69 Å². The maximum absolute atomic E-state index is 11.6. The van der Waals surface area contributed by atoms with Gasteiger partial charge in [0.2, 0.25) is 5.91 Å². The molecule has 0 bridgehead atoms. The van der Waals surface area contributed by atoms with Gasteiger partial charge < -0.3 is 5.32 Å². The molecule has 0 saturated heterocycles. The molecule has 102 valence electrons. The molecule has 5 heteroatoms. The third-order valence-electron chi connectivity index (χ3n) is 2.86. The number of nitrogens with zero attached hydrogens (tertiary/aromatic N) is 1. The molecule has 1 rings (SSSR count). The fourth-order valence-corrected chi connectivity index (χ4v) is 1.62. The van der Waals surface area contributed by atoms with Crippen molar-refractivity contribution in [3.8, 4) is 0 Å². The molecule has 0 heterocycles. The summed E-state index contributed by atoms with van der Waals surface area (Å²) in [5.74, 6) is -0.146. The number of nitrogens with one attached hydrogen (secondary N) is 1. The van der Waals surface area contributed by atoms with Gasteiger partial charge in [-0.2, -0.15) is 0 Å². The largest absolute Gasteiger partial charge is 0.350 e. The van der Waals surface area contributed by atoms with E-state index in [9.17, 15) is 14.9 Å². The van der Waals surface area contributed by atoms with Gasteiger partial charge in [-0.25, -0.2) is 0 Å². The van der Waals surface area contributed by atoms with Crippen molar-refractivity contribution < 1.29 is 9.72 Å². The normalized spacial score (nSPS) is 10.9. The highest BCUT2D eigenvalue weighted by Crippen LogP contribution is 2.12. The molecule has 0 fully saturated rings. The van der Waals surface area contributed by atoms with Gasteiger partial charge in [0.1, 0.15) is 0 Å². The third-order valence-corrected chi connectivity index (χ3v) is 2.86. The lowest BCUT2D eigenvalue weighted by atomic mass is 10.1. The zero-order valence-electron chi connectivity index (χ0n) is 11.1. The number of hydrogen-bond donors (Lipinski definition) is 1. The maximum atomic E-state index is 11.6. The lowest BCUT2D eigenvalue weighted by Crippen LogP contribution is -2.32. The number of rotatable bonds is 6. The average molecular weight is 262 g/mol. The number of nitro groups is 1. The Hall–Kier alpha value is -2.17. The number of amides is 1. The first-order valence-corrected chi connectivity index (χ1v) is 6.29. The molecule has 0 radical (unpaired) electrons. The number of hydrogen-bond acceptors (Lipinski definition) is 3. The van der Waals surface area contributed by atoms with Crippen molar-refractivity contribution in [1.82, 2.24) is 5.32 Å². The Morgan fingerprint density at radius 3 is 2.37 bits per heavy atom. The highest BCUT2D eigenvalue weighted by molar-refractivity contribution is 5.91. The molecule has 0 saturated carbocycles. The maximum Gasteiger partial charge on any atom is 0.269 e. The minimum atomic E-state index is -0.451. The molecule has 0 spiro atoms. The van der Waals surface area contributed by atoms with Crippen LogP contribution in [0.3, 0.4) is 0 Å². The van der Waals surface area contributed by atoms with Gasteiger partial charge in [-0.3, -0.25) is 14.9 Å². The van der Waals surface area contributed by atoms with E-state index >= 15 is 0 Å². The number of carbonyl (C=O) groups is 1. The molecule has 1 aromatic rings. The molecule has 0 aliphatic rings. The van der Waals surface area contributed by atoms with Crippen LogP contribution in [0.25, 0.3) is 6.08 Å². The number of non-ortho nitro benzene ring substituents is 1. The molecule has 0 aliphatic carbocycles. The first kappa shape index (κ1) is 14.9. The molecular formula is C14H18N2O3. The predicted octanol–water partition coefficient (Wildman–Crippen LogP) is 2.91. The number of carbonyl (C=O) groups excluding carboxylic acids is 1. The lowest BCUT2D eigenvalue weighted by molar-refractivity contribution is -0.384. The molecular weight excluding hydrogens is 244 g/mol. The molecule has 0 aromatic heterocycles. The molecule has 0 unspecified atom stereocenters. The highest BCUT2D eigenvalue weighted by Gasteiger charge is 2.05. The molecule has 0 atom stereocenters. The van der Waals surface area contributed by atoms with Crippen LogP contribution >= 0.6 is 0 Å². The van der Waals surface area contributed by atoms with Crippen LogP contribution in [0.1, 0.15) is 32.3 Å². The summed E-state index contributed by atoms with van der Waals surface area (Å²) in [5, 5.41) is 13.4. The van der Waals surface area contributed by atoms with Crippen molar-refractivity contribution in [1.29, 1.82) is 0 Å². The van der Waals surface area contributed by atoms with Gasteiger partial charge in [-0.1, -0.05) is 13.8 Å². The van der Waals surface area contributed by atoms with Gasteiger partial charge in [0.15, 0.2) is 0 Å². The van der Waals surface area contributed by atoms with Crippen molar-refractivity contribution in [3.05, 3.63) is 46.0 Å². The minimum absolute atomic E-state index is 0.0404. The van der Waals surface area contributed by atoms with Crippen molar-refractivity contribution in [2.24, 2.45) is 0 Å². The monoisotopic (exact) mass is 262 g/mol. The van der Waals surface area contributed by atoms with Gasteiger partial charge in [0.05, 0.1) is 4.92 Å². The van der Waals surface area contributed by atoms with E-state index < -0.39 is 4.92 Å². The van der Waals surface area contributed by atoms with E-state index in [1.807, 2.05) is 13.8 Å². The Labute approximate surface area is 112 Å². The first-order chi connectivity index (χ1) is 9.06. The summed E-state index contributed by atoms with van der Waals surface area (Å²) in [5.41, 5.74) is 0.795. The van der Waals surface area contributed by atoms with Gasteiger partial charge in [-0.05, 0) is 36.6 Å². The highest BCUT2D eigenvalue weighted by atomic mass is 16.6. The Morgan fingerprint density at radius 2 is 1.89 bits per heavy atom. The molecule has 1 N–H and O–H groups in total. The van der Waals surface area contributed by atoms with E-state index in [-0.39, 0.29) is 17.6 Å². The summed E-state index contributed by atoms with van der Waals surface area (Å²) < 4.78 is 0. The van der Waals surface area contributed by atoms with Crippen molar-refractivity contribution in [2.45, 2.75) is 32.7 Å². The van der Waals surface area contributed by atoms with Crippen LogP contribution in [0.15, 0.2) is 30.3 Å². The van der Waals surface area contributed by atoms with Crippen molar-refractivity contribution in [2.75, 3.05) is 0 Å². The van der Waals surface area contributed by atoms with Gasteiger partial charge in [0, 0.05) is 24.3 Å². The van der Waals surface area contributed by atoms with Crippen LogP contribution in [-0.2, 0) is 4.79 Å². The smallest absolute Gasteiger partial charge is 0.269 e. The van der Waals surface area contributed by atoms with E-state index in [0.717, 1.165) is 18.4 Å². The standard InChI is InChI=1S/C14H18N2O3/c1-3-12(4-2)15-14(17)10-7-11-5-8-13(9-6-11)16(18)19/h5-10,12H,3-4H2,1-2H3,(H,15,17). The van der Waals surface area contributed by atoms with E-state index in [2.05, 4.69) is 5.32 Å². The summed E-state index contributed by atoms with van der Waals surface area (Å²) in [6.07, 6.45) is 4.88. The SMILES string of the molecule is CCC(CC)NC(=O)C=Cc1ccc([N+](=O)[O-])cc1. The van der Waals surface area contributed by atoms with E-state index in [1.54, 1.807) is 18.2 Å². The summed E-state index contributed by atoms with van der Waals surface area (Å²) in [4.78, 5) is 21.7. The van der Waals surface area contributed by atoms with Crippen molar-refractivity contribution in [3.63, 3.8) is 0 Å². The van der Waals surface area contributed by atoms with Gasteiger partial charge in [0.25, 0.3) is 5.69 Å². The second-order valence-corrected chi connectivity index (χ2v) is 4.20. The summed E-state index contributed by atoms with van der Waals surface area (Å²) >= 11 is 0. The zero-order chi connectivity index (χ0) is 14.3. The van der Waals surface area contributed by atoms with Crippen LogP contribution < -0.4 is 5.32 Å². The predicted molar refractivity (Wildman–Crippen MR) is 74.6 cm³/mol. The van der Waals surface area contributed by atoms with Gasteiger partial charge >= 0.3 is 0 Å². The molecule has 0 aliphatic heterocycles. The van der Waals surface area contributed by atoms with Gasteiger partial charge in [-0.15, -0.1) is 0 Å². The minimum Gasteiger partial charge on any atom is -0.350 e. The number of nitro benzene ring substituents is 1. The second-order valence-electron chi connectivity index (χ2n) is 4.20. The molecule has 19 heavy (non-hydrogen) atoms. The topological polar surface area (TPSA) is 72.2 Å². The lowest BCUT2D eigenvalue weighted by Gasteiger charge is -2.12. The Bertz CT molecular complexity index is 462. The second kappa shape index (κ2) is 7.31. The van der Waals surface area contributed by atoms with Crippen LogP contribution in [-0.4, -0.2) is 16.9 Å². The Morgan fingerprint density at radius 1 is 1.32 bits per heavy atom. The zero-order valence-corrected chi connectivity index (χ0v) is 11.1. The fraction of sp³-hybridized carbons (Fsp3) is 0.357. The molecule has 1 amide bonds. The quantitative estimate of drug-likeness (QED) is 0.486.